The summed E-state index contributed by atoms with van der Waals surface area (Å²) in [7, 11) is 0. The van der Waals surface area contributed by atoms with E-state index in [1.54, 1.807) is 31.2 Å². The number of rotatable bonds is 7. The molecule has 0 spiro atoms. The maximum absolute atomic E-state index is 15.1. The predicted molar refractivity (Wildman–Crippen MR) is 218 cm³/mol. The molecule has 5 aliphatic heterocycles. The Morgan fingerprint density at radius 3 is 2.53 bits per heavy atom. The second kappa shape index (κ2) is 14.9. The molecule has 1 unspecified atom stereocenters. The third-order valence-corrected chi connectivity index (χ3v) is 13.2. The number of carbonyl (C=O) groups is 5. The lowest BCUT2D eigenvalue weighted by Crippen LogP contribution is -2.54. The van der Waals surface area contributed by atoms with Gasteiger partial charge in [0.05, 0.1) is 33.9 Å². The molecule has 5 aromatic rings. The van der Waals surface area contributed by atoms with Gasteiger partial charge in [0.15, 0.2) is 10.9 Å². The SMILES string of the molecule is CC(=O)N1CCc2c(c(N3CCCc4cc(-c5ccc6nc(Nc7ccc8c(c7)C(=O)N(C7CCC(=O)NC7=O)C8=O)sc6c5)c(C(F)F)cc43)nn2C2CCOCC2)C1. The summed E-state index contributed by atoms with van der Waals surface area (Å²) < 4.78 is 38.8. The minimum Gasteiger partial charge on any atom is -0.381 e. The van der Waals surface area contributed by atoms with Gasteiger partial charge in [-0.3, -0.25) is 38.9 Å². The molecule has 2 fully saturated rings. The largest absolute Gasteiger partial charge is 0.381 e. The van der Waals surface area contributed by atoms with Crippen LogP contribution in [0.5, 0.6) is 0 Å². The molecular weight excluding hydrogens is 795 g/mol. The lowest BCUT2D eigenvalue weighted by Gasteiger charge is -2.33. The minimum absolute atomic E-state index is 0.00704. The van der Waals surface area contributed by atoms with E-state index >= 15 is 8.78 Å². The van der Waals surface area contributed by atoms with E-state index in [0.29, 0.717) is 78.8 Å². The van der Waals surface area contributed by atoms with E-state index in [-0.39, 0.29) is 41.5 Å². The standard InChI is InChI=1S/C43H40F2N8O6S/c1-22(54)50-14-10-33-31(21-50)39(49-53(33)26-11-15-59-16-12-26)51-13-2-3-24-17-28(29(38(44)45)20-35(24)51)23-4-7-32-36(18-23)60-43(47-32)46-25-5-6-27-30(19-25)42(58)52(41(27)57)34-8-9-37(55)48-40(34)56/h4-7,17-20,26,34,38H,2-3,8-16,21H2,1H3,(H,46,47)(H,48,55,56). The van der Waals surface area contributed by atoms with Gasteiger partial charge < -0.3 is 19.9 Å². The van der Waals surface area contributed by atoms with E-state index in [2.05, 4.69) is 20.2 Å². The Balaban J connectivity index is 0.943. The summed E-state index contributed by atoms with van der Waals surface area (Å²) in [5.74, 6) is -1.61. The topological polar surface area (TPSA) is 159 Å². The monoisotopic (exact) mass is 834 g/mol. The van der Waals surface area contributed by atoms with Gasteiger partial charge in [0, 0.05) is 74.3 Å². The molecule has 17 heteroatoms. The molecule has 7 heterocycles. The molecule has 1 atom stereocenters. The number of thiazole rings is 1. The van der Waals surface area contributed by atoms with Gasteiger partial charge in [0.2, 0.25) is 17.7 Å². The highest BCUT2D eigenvalue weighted by Gasteiger charge is 2.45. The van der Waals surface area contributed by atoms with E-state index < -0.39 is 36.1 Å². The second-order valence-corrected chi connectivity index (χ2v) is 16.9. The molecule has 2 saturated heterocycles. The molecule has 60 heavy (non-hydrogen) atoms. The second-order valence-electron chi connectivity index (χ2n) is 15.9. The molecule has 0 aliphatic carbocycles. The highest BCUT2D eigenvalue weighted by Crippen LogP contribution is 2.45. The van der Waals surface area contributed by atoms with Crippen LogP contribution in [0.25, 0.3) is 21.3 Å². The van der Waals surface area contributed by atoms with Crippen LogP contribution >= 0.6 is 11.3 Å². The number of ether oxygens (including phenoxy) is 1. The Kier molecular flexibility index (Phi) is 9.46. The van der Waals surface area contributed by atoms with Crippen molar-refractivity contribution in [1.82, 2.24) is 29.9 Å². The van der Waals surface area contributed by atoms with Gasteiger partial charge in [-0.15, -0.1) is 0 Å². The number of nitrogens with zero attached hydrogens (tertiary/aromatic N) is 6. The highest BCUT2D eigenvalue weighted by molar-refractivity contribution is 7.22. The number of halogens is 2. The fraction of sp³-hybridized carbons (Fsp3) is 0.372. The van der Waals surface area contributed by atoms with Crippen molar-refractivity contribution in [3.63, 3.8) is 0 Å². The summed E-state index contributed by atoms with van der Waals surface area (Å²) in [6.07, 6.45) is 1.20. The Morgan fingerprint density at radius 2 is 1.75 bits per heavy atom. The molecule has 308 valence electrons. The van der Waals surface area contributed by atoms with Gasteiger partial charge in [-0.1, -0.05) is 17.4 Å². The van der Waals surface area contributed by atoms with Gasteiger partial charge in [-0.25, -0.2) is 13.8 Å². The first-order chi connectivity index (χ1) is 29.0. The number of amides is 5. The van der Waals surface area contributed by atoms with E-state index in [0.717, 1.165) is 51.5 Å². The molecule has 5 aliphatic rings. The van der Waals surface area contributed by atoms with Gasteiger partial charge in [0.25, 0.3) is 18.2 Å². The summed E-state index contributed by atoms with van der Waals surface area (Å²) in [6, 6.07) is 12.8. The summed E-state index contributed by atoms with van der Waals surface area (Å²) in [6.45, 7) is 4.53. The molecule has 0 saturated carbocycles. The van der Waals surface area contributed by atoms with Crippen LogP contribution in [0.1, 0.15) is 94.6 Å². The minimum atomic E-state index is -2.76. The number of imide groups is 2. The Bertz CT molecular complexity index is 2650. The number of nitrogens with one attached hydrogen (secondary N) is 2. The fourth-order valence-electron chi connectivity index (χ4n) is 9.26. The number of hydrogen-bond acceptors (Lipinski definition) is 11. The van der Waals surface area contributed by atoms with Crippen LogP contribution in [-0.4, -0.2) is 86.4 Å². The number of alkyl halides is 2. The van der Waals surface area contributed by atoms with Crippen molar-refractivity contribution in [2.45, 2.75) is 76.9 Å². The van der Waals surface area contributed by atoms with Crippen LogP contribution in [0.2, 0.25) is 0 Å². The van der Waals surface area contributed by atoms with Crippen LogP contribution in [0, 0.1) is 0 Å². The highest BCUT2D eigenvalue weighted by atomic mass is 32.1. The first kappa shape index (κ1) is 38.2. The molecule has 0 bridgehead atoms. The molecule has 14 nitrogen and oxygen atoms in total. The third-order valence-electron chi connectivity index (χ3n) is 12.3. The molecule has 3 aromatic carbocycles. The Labute approximate surface area is 346 Å². The lowest BCUT2D eigenvalue weighted by molar-refractivity contribution is -0.136. The summed E-state index contributed by atoms with van der Waals surface area (Å²) in [5, 5.41) is 11.1. The number of carbonyl (C=O) groups excluding carboxylic acids is 5. The quantitative estimate of drug-likeness (QED) is 0.172. The zero-order valence-electron chi connectivity index (χ0n) is 32.6. The van der Waals surface area contributed by atoms with Gasteiger partial charge in [-0.05, 0) is 91.3 Å². The molecule has 0 radical (unpaired) electrons. The number of fused-ring (bicyclic) bond motifs is 4. The van der Waals surface area contributed by atoms with Crippen LogP contribution in [0.15, 0.2) is 48.5 Å². The molecule has 10 rings (SSSR count). The third kappa shape index (κ3) is 6.50. The van der Waals surface area contributed by atoms with Crippen molar-refractivity contribution in [2.75, 3.05) is 36.5 Å². The predicted octanol–water partition coefficient (Wildman–Crippen LogP) is 6.58. The maximum atomic E-state index is 15.1. The van der Waals surface area contributed by atoms with Crippen LogP contribution < -0.4 is 15.5 Å². The molecule has 2 aromatic heterocycles. The van der Waals surface area contributed by atoms with Crippen molar-refractivity contribution < 1.29 is 37.5 Å². The summed E-state index contributed by atoms with van der Waals surface area (Å²) in [4.78, 5) is 72.7. The van der Waals surface area contributed by atoms with Crippen molar-refractivity contribution in [3.8, 4) is 11.1 Å². The zero-order valence-corrected chi connectivity index (χ0v) is 33.4. The average molecular weight is 835 g/mol. The molecule has 2 N–H and O–H groups in total. The average Bonchev–Trinajstić information content (AvgIpc) is 3.91. The first-order valence-corrected chi connectivity index (χ1v) is 21.0. The fourth-order valence-corrected chi connectivity index (χ4v) is 10.2. The van der Waals surface area contributed by atoms with Gasteiger partial charge in [-0.2, -0.15) is 5.10 Å². The van der Waals surface area contributed by atoms with Crippen molar-refractivity contribution in [1.29, 1.82) is 0 Å². The number of aromatic nitrogens is 3. The maximum Gasteiger partial charge on any atom is 0.264 e. The van der Waals surface area contributed by atoms with E-state index in [9.17, 15) is 24.0 Å². The van der Waals surface area contributed by atoms with Crippen molar-refractivity contribution in [2.24, 2.45) is 0 Å². The number of aryl methyl sites for hydroxylation is 1. The molecule has 5 amide bonds. The first-order valence-electron chi connectivity index (χ1n) is 20.2. The van der Waals surface area contributed by atoms with E-state index in [4.69, 9.17) is 14.8 Å². The number of hydrogen-bond donors (Lipinski definition) is 2. The van der Waals surface area contributed by atoms with E-state index in [1.807, 2.05) is 17.0 Å². The smallest absolute Gasteiger partial charge is 0.264 e. The Morgan fingerprint density at radius 1 is 0.933 bits per heavy atom. The number of piperidine rings is 1. The van der Waals surface area contributed by atoms with Gasteiger partial charge in [0.1, 0.15) is 6.04 Å². The van der Waals surface area contributed by atoms with E-state index in [1.165, 1.54) is 23.5 Å². The number of anilines is 4. The lowest BCUT2D eigenvalue weighted by atomic mass is 9.91. The van der Waals surface area contributed by atoms with Crippen LogP contribution in [0.4, 0.5) is 31.1 Å². The Hall–Kier alpha value is -6.07. The normalized spacial score (nSPS) is 19.5. The zero-order chi connectivity index (χ0) is 41.4. The van der Waals surface area contributed by atoms with Crippen molar-refractivity contribution >= 4 is 73.4 Å². The summed E-state index contributed by atoms with van der Waals surface area (Å²) >= 11 is 1.32. The molecular formula is C43H40F2N8O6S. The number of benzene rings is 3. The van der Waals surface area contributed by atoms with Crippen LogP contribution in [0.3, 0.4) is 0 Å². The summed E-state index contributed by atoms with van der Waals surface area (Å²) in [5.41, 5.74) is 6.15. The van der Waals surface area contributed by atoms with Gasteiger partial charge >= 0.3 is 0 Å². The van der Waals surface area contributed by atoms with Crippen molar-refractivity contribution in [3.05, 3.63) is 82.0 Å². The van der Waals surface area contributed by atoms with Crippen LogP contribution in [-0.2, 0) is 38.5 Å².